The molecule has 0 unspecified atom stereocenters. The van der Waals surface area contributed by atoms with Crippen LogP contribution in [-0.2, 0) is 0 Å². The van der Waals surface area contributed by atoms with E-state index in [4.69, 9.17) is 4.74 Å². The third-order valence-electron chi connectivity index (χ3n) is 0.830. The summed E-state index contributed by atoms with van der Waals surface area (Å²) in [7, 11) is 1.61. The van der Waals surface area contributed by atoms with Gasteiger partial charge in [-0.15, -0.1) is 5.10 Å². The third-order valence-corrected chi connectivity index (χ3v) is 0.830. The smallest absolute Gasteiger partial charge is 0.235 e. The van der Waals surface area contributed by atoms with Crippen molar-refractivity contribution in [3.63, 3.8) is 0 Å². The lowest BCUT2D eigenvalue weighted by molar-refractivity contribution is -0.455. The van der Waals surface area contributed by atoms with E-state index in [0.717, 1.165) is 5.75 Å². The second kappa shape index (κ2) is 2.26. The highest BCUT2D eigenvalue weighted by Gasteiger charge is 1.88. The third kappa shape index (κ3) is 0.932. The number of ether oxygens (including phenoxy) is 1. The van der Waals surface area contributed by atoms with Gasteiger partial charge in [0.1, 0.15) is 0 Å². The highest BCUT2D eigenvalue weighted by molar-refractivity contribution is 5.09. The molecule has 1 N–H and O–H groups in total. The lowest BCUT2D eigenvalue weighted by atomic mass is 10.5. The molecule has 0 spiro atoms. The molecular formula is C5H7N2O+. The fraction of sp³-hybridized carbons (Fsp3) is 0.200. The summed E-state index contributed by atoms with van der Waals surface area (Å²) in [4.78, 5) is 0. The average Bonchev–Trinajstić information content (AvgIpc) is 1.90. The van der Waals surface area contributed by atoms with Crippen molar-refractivity contribution in [1.82, 2.24) is 5.10 Å². The molecule has 0 saturated heterocycles. The van der Waals surface area contributed by atoms with Crippen molar-refractivity contribution in [1.29, 1.82) is 0 Å². The summed E-state index contributed by atoms with van der Waals surface area (Å²) in [5.74, 6) is 0.792. The number of hydrogen-bond donors (Lipinski definition) is 0. The van der Waals surface area contributed by atoms with Crippen molar-refractivity contribution in [2.75, 3.05) is 7.11 Å². The number of nitrogens with one attached hydrogen (secondary N) is 1. The zero-order valence-corrected chi connectivity index (χ0v) is 4.59. The number of nitrogens with zero attached hydrogens (tertiary/aromatic N) is 1. The molecule has 0 atom stereocenters. The van der Waals surface area contributed by atoms with Crippen LogP contribution in [0.3, 0.4) is 0 Å². The van der Waals surface area contributed by atoms with E-state index in [-0.39, 0.29) is 0 Å². The molecule has 8 heavy (non-hydrogen) atoms. The minimum Gasteiger partial charge on any atom is -0.491 e. The van der Waals surface area contributed by atoms with Gasteiger partial charge in [-0.3, -0.25) is 0 Å². The molecule has 0 bridgehead atoms. The molecule has 0 radical (unpaired) electrons. The Hall–Kier alpha value is -1.12. The Bertz CT molecular complexity index is 152. The van der Waals surface area contributed by atoms with Crippen molar-refractivity contribution < 1.29 is 9.84 Å². The predicted octanol–water partition coefficient (Wildman–Crippen LogP) is -0.0957. The Balaban J connectivity index is 2.83. The van der Waals surface area contributed by atoms with E-state index in [9.17, 15) is 0 Å². The Morgan fingerprint density at radius 2 is 2.62 bits per heavy atom. The maximum Gasteiger partial charge on any atom is 0.235 e. The number of methoxy groups -OCH3 is 1. The Labute approximate surface area is 47.3 Å². The first kappa shape index (κ1) is 5.03. The molecule has 0 aliphatic heterocycles. The molecule has 0 aliphatic carbocycles. The van der Waals surface area contributed by atoms with Crippen LogP contribution in [0.2, 0.25) is 0 Å². The summed E-state index contributed by atoms with van der Waals surface area (Å²) in [5.41, 5.74) is 0. The highest BCUT2D eigenvalue weighted by Crippen LogP contribution is 1.99. The lowest BCUT2D eigenvalue weighted by Crippen LogP contribution is -2.05. The maximum absolute atomic E-state index is 4.84. The normalized spacial score (nSPS) is 8.62. The van der Waals surface area contributed by atoms with Gasteiger partial charge in [0.05, 0.1) is 13.3 Å². The van der Waals surface area contributed by atoms with Crippen molar-refractivity contribution in [3.05, 3.63) is 18.5 Å². The Morgan fingerprint density at radius 1 is 1.75 bits per heavy atom. The second-order valence-corrected chi connectivity index (χ2v) is 1.32. The van der Waals surface area contributed by atoms with E-state index in [1.165, 1.54) is 0 Å². The van der Waals surface area contributed by atoms with Crippen molar-refractivity contribution in [2.24, 2.45) is 0 Å². The van der Waals surface area contributed by atoms with Gasteiger partial charge in [0.15, 0.2) is 5.75 Å². The topological polar surface area (TPSA) is 36.3 Å². The molecule has 3 heteroatoms. The highest BCUT2D eigenvalue weighted by atomic mass is 16.5. The van der Waals surface area contributed by atoms with Crippen LogP contribution in [0.4, 0.5) is 0 Å². The zero-order chi connectivity index (χ0) is 5.82. The minimum atomic E-state index is 0.792. The maximum atomic E-state index is 4.84. The molecule has 42 valence electrons. The van der Waals surface area contributed by atoms with E-state index in [1.807, 2.05) is 0 Å². The number of aromatic amines is 1. The van der Waals surface area contributed by atoms with E-state index < -0.39 is 0 Å². The molecule has 1 heterocycles. The molecule has 0 amide bonds. The molecule has 0 aliphatic rings. The lowest BCUT2D eigenvalue weighted by Gasteiger charge is -1.88. The molecular weight excluding hydrogens is 104 g/mol. The molecule has 1 rings (SSSR count). The largest absolute Gasteiger partial charge is 0.491 e. The Kier molecular flexibility index (Phi) is 1.42. The molecule has 0 fully saturated rings. The van der Waals surface area contributed by atoms with Crippen LogP contribution in [0.15, 0.2) is 18.5 Å². The van der Waals surface area contributed by atoms with Crippen molar-refractivity contribution in [3.8, 4) is 5.75 Å². The minimum absolute atomic E-state index is 0.792. The van der Waals surface area contributed by atoms with Crippen LogP contribution >= 0.6 is 0 Å². The van der Waals surface area contributed by atoms with Crippen molar-refractivity contribution in [2.45, 2.75) is 0 Å². The average molecular weight is 111 g/mol. The monoisotopic (exact) mass is 111 g/mol. The molecule has 0 aromatic carbocycles. The predicted molar refractivity (Wildman–Crippen MR) is 27.3 cm³/mol. The summed E-state index contributed by atoms with van der Waals surface area (Å²) >= 11 is 0. The molecule has 1 aromatic rings. The summed E-state index contributed by atoms with van der Waals surface area (Å²) < 4.78 is 4.84. The fourth-order valence-corrected chi connectivity index (χ4v) is 0.430. The summed E-state index contributed by atoms with van der Waals surface area (Å²) in [6.45, 7) is 0. The Morgan fingerprint density at radius 3 is 3.00 bits per heavy atom. The number of hydrogen-bond acceptors (Lipinski definition) is 2. The van der Waals surface area contributed by atoms with Crippen LogP contribution in [0.5, 0.6) is 5.75 Å². The SMILES string of the molecule is COc1ccn[nH+]c1. The van der Waals surface area contributed by atoms with Gasteiger partial charge in [0.25, 0.3) is 0 Å². The molecule has 0 saturated carbocycles. The van der Waals surface area contributed by atoms with Gasteiger partial charge in [0.2, 0.25) is 6.20 Å². The first-order chi connectivity index (χ1) is 3.93. The molecule has 1 aromatic heterocycles. The fourth-order valence-electron chi connectivity index (χ4n) is 0.430. The van der Waals surface area contributed by atoms with Gasteiger partial charge in [-0.25, -0.2) is 0 Å². The van der Waals surface area contributed by atoms with E-state index in [2.05, 4.69) is 10.2 Å². The van der Waals surface area contributed by atoms with Crippen LogP contribution in [-0.4, -0.2) is 12.2 Å². The number of aromatic nitrogens is 2. The van der Waals surface area contributed by atoms with Crippen LogP contribution in [0.25, 0.3) is 0 Å². The first-order valence-electron chi connectivity index (χ1n) is 2.29. The number of rotatable bonds is 1. The van der Waals surface area contributed by atoms with E-state index in [1.54, 1.807) is 25.6 Å². The second-order valence-electron chi connectivity index (χ2n) is 1.32. The summed E-state index contributed by atoms with van der Waals surface area (Å²) in [5, 5.41) is 6.33. The quantitative estimate of drug-likeness (QED) is 0.507. The summed E-state index contributed by atoms with van der Waals surface area (Å²) in [6, 6.07) is 1.77. The zero-order valence-electron chi connectivity index (χ0n) is 4.59. The van der Waals surface area contributed by atoms with Crippen LogP contribution in [0, 0.1) is 0 Å². The van der Waals surface area contributed by atoms with Gasteiger partial charge >= 0.3 is 0 Å². The van der Waals surface area contributed by atoms with Crippen molar-refractivity contribution >= 4 is 0 Å². The van der Waals surface area contributed by atoms with E-state index >= 15 is 0 Å². The van der Waals surface area contributed by atoms with Crippen LogP contribution < -0.4 is 9.84 Å². The van der Waals surface area contributed by atoms with Gasteiger partial charge < -0.3 is 4.74 Å². The van der Waals surface area contributed by atoms with Gasteiger partial charge in [0, 0.05) is 6.07 Å². The van der Waals surface area contributed by atoms with Gasteiger partial charge in [-0.1, -0.05) is 0 Å². The standard InChI is InChI=1S/C5H6N2O/c1-8-5-2-3-6-7-4-5/h2-4H,1H3/p+1. The number of H-pyrrole nitrogens is 1. The first-order valence-corrected chi connectivity index (χ1v) is 2.29. The summed E-state index contributed by atoms with van der Waals surface area (Å²) in [6.07, 6.45) is 3.32. The van der Waals surface area contributed by atoms with Crippen LogP contribution in [0.1, 0.15) is 0 Å². The van der Waals surface area contributed by atoms with Gasteiger partial charge in [-0.05, 0) is 5.10 Å². The van der Waals surface area contributed by atoms with Gasteiger partial charge in [-0.2, -0.15) is 0 Å². The van der Waals surface area contributed by atoms with E-state index in [0.29, 0.717) is 0 Å². The molecule has 3 nitrogen and oxygen atoms in total.